The number of alkyl carbamates (subject to hydrolysis) is 1. The summed E-state index contributed by atoms with van der Waals surface area (Å²) < 4.78 is 5.17. The van der Waals surface area contributed by atoms with Crippen LogP contribution in [0.1, 0.15) is 60.1 Å². The minimum atomic E-state index is -1.19. The molecule has 0 aromatic heterocycles. The predicted molar refractivity (Wildman–Crippen MR) is 115 cm³/mol. The van der Waals surface area contributed by atoms with E-state index in [1.807, 2.05) is 6.07 Å². The number of aromatic hydroxyl groups is 1. The second kappa shape index (κ2) is 10.2. The van der Waals surface area contributed by atoms with Crippen molar-refractivity contribution < 1.29 is 24.2 Å². The molecule has 0 heterocycles. The molecule has 3 N–H and O–H groups in total. The van der Waals surface area contributed by atoms with E-state index in [0.717, 1.165) is 4.90 Å². The highest BCUT2D eigenvalue weighted by Gasteiger charge is 2.36. The largest absolute Gasteiger partial charge is 0.508 e. The number of amides is 3. The van der Waals surface area contributed by atoms with Crippen molar-refractivity contribution in [3.05, 3.63) is 29.8 Å². The van der Waals surface area contributed by atoms with E-state index in [1.165, 1.54) is 19.1 Å². The van der Waals surface area contributed by atoms with Crippen LogP contribution in [0.25, 0.3) is 0 Å². The summed E-state index contributed by atoms with van der Waals surface area (Å²) in [4.78, 5) is 39.4. The lowest BCUT2D eigenvalue weighted by molar-refractivity contribution is -0.142. The van der Waals surface area contributed by atoms with Crippen LogP contribution in [0.5, 0.6) is 5.75 Å². The number of carbonyl (C=O) groups excluding carboxylic acids is 3. The van der Waals surface area contributed by atoms with Crippen LogP contribution in [0.15, 0.2) is 24.3 Å². The second-order valence-corrected chi connectivity index (χ2v) is 9.23. The molecule has 1 aromatic carbocycles. The smallest absolute Gasteiger partial charge is 0.408 e. The lowest BCUT2D eigenvalue weighted by atomic mass is 10.0. The van der Waals surface area contributed by atoms with Crippen molar-refractivity contribution in [2.45, 2.75) is 71.7 Å². The lowest BCUT2D eigenvalue weighted by Crippen LogP contribution is -2.53. The van der Waals surface area contributed by atoms with Crippen LogP contribution in [-0.4, -0.2) is 51.6 Å². The van der Waals surface area contributed by atoms with E-state index in [9.17, 15) is 24.8 Å². The van der Waals surface area contributed by atoms with Gasteiger partial charge in [-0.15, -0.1) is 0 Å². The number of rotatable bonds is 6. The SMILES string of the molecule is CC(NC(=O)OC(C)(C)C)C(=O)N(CC#N)C(C(=O)NC(C)(C)C)c1cccc(O)c1. The van der Waals surface area contributed by atoms with Gasteiger partial charge < -0.3 is 25.4 Å². The van der Waals surface area contributed by atoms with Crippen molar-refractivity contribution in [3.8, 4) is 11.8 Å². The summed E-state index contributed by atoms with van der Waals surface area (Å²) >= 11 is 0. The summed E-state index contributed by atoms with van der Waals surface area (Å²) in [5.41, 5.74) is -1.03. The Hall–Kier alpha value is -3.28. The van der Waals surface area contributed by atoms with E-state index in [4.69, 9.17) is 4.74 Å². The molecule has 1 rings (SSSR count). The Morgan fingerprint density at radius 2 is 1.81 bits per heavy atom. The number of nitrogens with one attached hydrogen (secondary N) is 2. The molecule has 31 heavy (non-hydrogen) atoms. The number of carbonyl (C=O) groups is 3. The fraction of sp³-hybridized carbons (Fsp3) is 0.545. The van der Waals surface area contributed by atoms with Crippen molar-refractivity contribution in [2.75, 3.05) is 6.54 Å². The van der Waals surface area contributed by atoms with Crippen LogP contribution in [-0.2, 0) is 14.3 Å². The van der Waals surface area contributed by atoms with Gasteiger partial charge in [0.2, 0.25) is 11.8 Å². The molecular weight excluding hydrogens is 400 g/mol. The minimum Gasteiger partial charge on any atom is -0.508 e. The van der Waals surface area contributed by atoms with E-state index in [2.05, 4.69) is 10.6 Å². The van der Waals surface area contributed by atoms with Crippen LogP contribution >= 0.6 is 0 Å². The normalized spacial score (nSPS) is 13.4. The molecule has 2 atom stereocenters. The van der Waals surface area contributed by atoms with E-state index in [0.29, 0.717) is 5.56 Å². The number of hydrogen-bond donors (Lipinski definition) is 3. The van der Waals surface area contributed by atoms with Gasteiger partial charge in [0.15, 0.2) is 0 Å². The molecule has 9 heteroatoms. The molecule has 0 aliphatic carbocycles. The third-order valence-electron chi connectivity index (χ3n) is 3.87. The van der Waals surface area contributed by atoms with Gasteiger partial charge in [0.05, 0.1) is 6.07 Å². The Bertz CT molecular complexity index is 849. The van der Waals surface area contributed by atoms with Gasteiger partial charge in [0.25, 0.3) is 0 Å². The number of hydrogen-bond acceptors (Lipinski definition) is 6. The number of benzene rings is 1. The van der Waals surface area contributed by atoms with Gasteiger partial charge in [0, 0.05) is 5.54 Å². The van der Waals surface area contributed by atoms with Crippen LogP contribution in [0.2, 0.25) is 0 Å². The molecule has 0 saturated carbocycles. The number of ether oxygens (including phenoxy) is 1. The van der Waals surface area contributed by atoms with Gasteiger partial charge in [0.1, 0.15) is 30.0 Å². The first kappa shape index (κ1) is 25.8. The molecule has 9 nitrogen and oxygen atoms in total. The van der Waals surface area contributed by atoms with Crippen LogP contribution in [0.4, 0.5) is 4.79 Å². The highest BCUT2D eigenvalue weighted by atomic mass is 16.6. The molecule has 0 aliphatic rings. The third kappa shape index (κ3) is 8.54. The van der Waals surface area contributed by atoms with Gasteiger partial charge in [-0.05, 0) is 66.2 Å². The standard InChI is InChI=1S/C22H32N4O5/c1-14(24-20(30)31-22(5,6)7)19(29)26(12-11-23)17(18(28)25-21(2,3)4)15-9-8-10-16(27)13-15/h8-10,13-14,17,27H,12H2,1-7H3,(H,24,30)(H,25,28). The monoisotopic (exact) mass is 432 g/mol. The topological polar surface area (TPSA) is 132 Å². The Morgan fingerprint density at radius 1 is 1.19 bits per heavy atom. The second-order valence-electron chi connectivity index (χ2n) is 9.23. The summed E-state index contributed by atoms with van der Waals surface area (Å²) in [6.07, 6.45) is -0.793. The summed E-state index contributed by atoms with van der Waals surface area (Å²) in [7, 11) is 0. The molecule has 0 fully saturated rings. The molecule has 170 valence electrons. The summed E-state index contributed by atoms with van der Waals surface area (Å²) in [5, 5.41) is 24.5. The lowest BCUT2D eigenvalue weighted by Gasteiger charge is -2.34. The fourth-order valence-corrected chi connectivity index (χ4v) is 2.77. The number of phenols is 1. The third-order valence-corrected chi connectivity index (χ3v) is 3.87. The summed E-state index contributed by atoms with van der Waals surface area (Å²) in [5.74, 6) is -1.26. The Labute approximate surface area is 183 Å². The zero-order valence-corrected chi connectivity index (χ0v) is 19.1. The number of nitrogens with zero attached hydrogens (tertiary/aromatic N) is 2. The molecule has 0 saturated heterocycles. The van der Waals surface area contributed by atoms with E-state index < -0.39 is 47.7 Å². The first-order valence-corrected chi connectivity index (χ1v) is 9.92. The minimum absolute atomic E-state index is 0.0876. The van der Waals surface area contributed by atoms with E-state index in [1.54, 1.807) is 53.7 Å². The van der Waals surface area contributed by atoms with Crippen molar-refractivity contribution in [2.24, 2.45) is 0 Å². The van der Waals surface area contributed by atoms with Crippen LogP contribution in [0.3, 0.4) is 0 Å². The number of nitriles is 1. The summed E-state index contributed by atoms with van der Waals surface area (Å²) in [6.45, 7) is 11.5. The van der Waals surface area contributed by atoms with E-state index in [-0.39, 0.29) is 5.75 Å². The van der Waals surface area contributed by atoms with Gasteiger partial charge in [-0.1, -0.05) is 12.1 Å². The van der Waals surface area contributed by atoms with Crippen LogP contribution in [0, 0.1) is 11.3 Å². The quantitative estimate of drug-likeness (QED) is 0.592. The van der Waals surface area contributed by atoms with Crippen LogP contribution < -0.4 is 10.6 Å². The molecule has 1 aromatic rings. The molecule has 0 spiro atoms. The highest BCUT2D eigenvalue weighted by Crippen LogP contribution is 2.26. The highest BCUT2D eigenvalue weighted by molar-refractivity contribution is 5.92. The van der Waals surface area contributed by atoms with Crippen molar-refractivity contribution in [3.63, 3.8) is 0 Å². The van der Waals surface area contributed by atoms with Gasteiger partial charge in [-0.25, -0.2) is 4.79 Å². The molecule has 0 aliphatic heterocycles. The van der Waals surface area contributed by atoms with E-state index >= 15 is 0 Å². The van der Waals surface area contributed by atoms with Gasteiger partial charge in [-0.3, -0.25) is 9.59 Å². The Balaban J connectivity index is 3.29. The molecular formula is C22H32N4O5. The maximum absolute atomic E-state index is 13.2. The molecule has 2 unspecified atom stereocenters. The van der Waals surface area contributed by atoms with Crippen molar-refractivity contribution in [1.29, 1.82) is 5.26 Å². The fourth-order valence-electron chi connectivity index (χ4n) is 2.77. The molecule has 0 radical (unpaired) electrons. The van der Waals surface area contributed by atoms with Crippen molar-refractivity contribution in [1.82, 2.24) is 15.5 Å². The number of phenolic OH excluding ortho intramolecular Hbond substituents is 1. The van der Waals surface area contributed by atoms with Gasteiger partial charge in [-0.2, -0.15) is 5.26 Å². The van der Waals surface area contributed by atoms with Gasteiger partial charge >= 0.3 is 6.09 Å². The first-order valence-electron chi connectivity index (χ1n) is 9.92. The predicted octanol–water partition coefficient (Wildman–Crippen LogP) is 2.61. The maximum Gasteiger partial charge on any atom is 0.408 e. The first-order chi connectivity index (χ1) is 14.1. The average molecular weight is 433 g/mol. The molecule has 3 amide bonds. The maximum atomic E-state index is 13.2. The Kier molecular flexibility index (Phi) is 8.44. The zero-order chi connectivity index (χ0) is 24.0. The average Bonchev–Trinajstić information content (AvgIpc) is 2.57. The molecule has 0 bridgehead atoms. The van der Waals surface area contributed by atoms with Crippen molar-refractivity contribution >= 4 is 17.9 Å². The Morgan fingerprint density at radius 3 is 2.29 bits per heavy atom. The summed E-state index contributed by atoms with van der Waals surface area (Å²) in [6, 6.07) is 5.55. The zero-order valence-electron chi connectivity index (χ0n) is 19.1.